The Morgan fingerprint density at radius 2 is 1.43 bits per heavy atom. The van der Waals surface area contributed by atoms with Crippen molar-refractivity contribution in [2.24, 2.45) is 5.92 Å². The van der Waals surface area contributed by atoms with Crippen LogP contribution in [0.4, 0.5) is 0 Å². The molecule has 0 saturated carbocycles. The lowest BCUT2D eigenvalue weighted by Gasteiger charge is -2.16. The number of allylic oxidation sites excluding steroid dienone is 4. The first-order valence-electron chi connectivity index (χ1n) is 9.67. The average molecular weight is 335 g/mol. The van der Waals surface area contributed by atoms with Crippen molar-refractivity contribution < 1.29 is 4.79 Å². The Morgan fingerprint density at radius 3 is 1.96 bits per heavy atom. The molecule has 130 valence electrons. The van der Waals surface area contributed by atoms with E-state index < -0.39 is 0 Å². The Bertz CT molecular complexity index is 395. The zero-order chi connectivity index (χ0) is 16.8. The normalized spacial score (nSPS) is 17.3. The van der Waals surface area contributed by atoms with Crippen LogP contribution >= 0.6 is 12.2 Å². The molecule has 0 heterocycles. The predicted molar refractivity (Wildman–Crippen MR) is 105 cm³/mol. The minimum atomic E-state index is 0.304. The van der Waals surface area contributed by atoms with Gasteiger partial charge in [-0.1, -0.05) is 114 Å². The van der Waals surface area contributed by atoms with E-state index >= 15 is 0 Å². The van der Waals surface area contributed by atoms with Crippen LogP contribution in [0.15, 0.2) is 23.8 Å². The fourth-order valence-electron chi connectivity index (χ4n) is 3.21. The van der Waals surface area contributed by atoms with Gasteiger partial charge >= 0.3 is 0 Å². The van der Waals surface area contributed by atoms with E-state index in [1.807, 2.05) is 12.2 Å². The predicted octanol–water partition coefficient (Wildman–Crippen LogP) is 6.76. The lowest BCUT2D eigenvalue weighted by atomic mass is 9.90. The van der Waals surface area contributed by atoms with E-state index in [9.17, 15) is 4.79 Å². The molecular weight excluding hydrogens is 300 g/mol. The number of carbonyl (C=O) groups excluding carboxylic acids is 1. The summed E-state index contributed by atoms with van der Waals surface area (Å²) in [6.45, 7) is 2.27. The highest BCUT2D eigenvalue weighted by molar-refractivity contribution is 7.81. The van der Waals surface area contributed by atoms with Crippen LogP contribution in [0.1, 0.15) is 90.4 Å². The summed E-state index contributed by atoms with van der Waals surface area (Å²) in [5, 5.41) is 0. The molecule has 1 nitrogen and oxygen atoms in total. The van der Waals surface area contributed by atoms with Gasteiger partial charge < -0.3 is 0 Å². The number of hydrogen-bond donors (Lipinski definition) is 0. The van der Waals surface area contributed by atoms with Gasteiger partial charge in [0, 0.05) is 16.4 Å². The molecule has 0 saturated heterocycles. The van der Waals surface area contributed by atoms with Gasteiger partial charge in [-0.3, -0.25) is 4.79 Å². The third-order valence-electron chi connectivity index (χ3n) is 4.74. The quantitative estimate of drug-likeness (QED) is 0.198. The third-order valence-corrected chi connectivity index (χ3v) is 5.27. The number of hydrogen-bond acceptors (Lipinski definition) is 2. The first-order chi connectivity index (χ1) is 11.3. The summed E-state index contributed by atoms with van der Waals surface area (Å²) in [6.07, 6.45) is 24.4. The molecule has 1 aliphatic carbocycles. The first kappa shape index (κ1) is 20.3. The number of thiocarbonyl (C=S) groups is 1. The standard InChI is InChI=1S/C21H34OS/c1-2-3-4-5-6-7-8-9-10-11-12-13-15-19-16-14-17-20(18-22)21(19)23/h14,16-19H,2-13,15H2,1H3. The summed E-state index contributed by atoms with van der Waals surface area (Å²) in [7, 11) is 0. The van der Waals surface area contributed by atoms with Crippen LogP contribution in [0, 0.1) is 5.92 Å². The molecule has 0 aliphatic heterocycles. The second-order valence-electron chi connectivity index (χ2n) is 6.77. The molecule has 0 N–H and O–H groups in total. The van der Waals surface area contributed by atoms with Crippen LogP contribution in [-0.2, 0) is 4.79 Å². The molecule has 0 aromatic rings. The summed E-state index contributed by atoms with van der Waals surface area (Å²) < 4.78 is 0. The molecule has 0 amide bonds. The van der Waals surface area contributed by atoms with Gasteiger partial charge in [-0.05, 0) is 6.42 Å². The number of carbonyl (C=O) groups is 1. The van der Waals surface area contributed by atoms with Crippen LogP contribution < -0.4 is 0 Å². The Hall–Kier alpha value is -0.760. The summed E-state index contributed by atoms with van der Waals surface area (Å²) >= 11 is 5.38. The van der Waals surface area contributed by atoms with Gasteiger partial charge in [-0.15, -0.1) is 0 Å². The monoisotopic (exact) mass is 334 g/mol. The highest BCUT2D eigenvalue weighted by Gasteiger charge is 2.16. The highest BCUT2D eigenvalue weighted by atomic mass is 32.1. The van der Waals surface area contributed by atoms with Gasteiger partial charge in [0.2, 0.25) is 0 Å². The van der Waals surface area contributed by atoms with Crippen molar-refractivity contribution in [2.45, 2.75) is 90.4 Å². The SMILES string of the molecule is CCCCCCCCCCCCCCC1C=CC=C(C=O)C1=S. The van der Waals surface area contributed by atoms with Gasteiger partial charge in [0.05, 0.1) is 0 Å². The zero-order valence-corrected chi connectivity index (χ0v) is 15.7. The average Bonchev–Trinajstić information content (AvgIpc) is 2.57. The molecule has 2 heteroatoms. The molecule has 0 aromatic heterocycles. The third kappa shape index (κ3) is 9.20. The second-order valence-corrected chi connectivity index (χ2v) is 7.21. The maximum Gasteiger partial charge on any atom is 0.151 e. The molecule has 1 unspecified atom stereocenters. The molecule has 1 aliphatic rings. The molecule has 0 bridgehead atoms. The van der Waals surface area contributed by atoms with Gasteiger partial charge in [0.25, 0.3) is 0 Å². The molecule has 1 atom stereocenters. The van der Waals surface area contributed by atoms with E-state index in [-0.39, 0.29) is 0 Å². The van der Waals surface area contributed by atoms with Gasteiger partial charge in [-0.2, -0.15) is 0 Å². The van der Waals surface area contributed by atoms with Crippen molar-refractivity contribution >= 4 is 23.4 Å². The molecule has 23 heavy (non-hydrogen) atoms. The van der Waals surface area contributed by atoms with Crippen LogP contribution in [-0.4, -0.2) is 11.2 Å². The number of unbranched alkanes of at least 4 members (excludes halogenated alkanes) is 11. The lowest BCUT2D eigenvalue weighted by Crippen LogP contribution is -2.15. The maximum absolute atomic E-state index is 10.9. The fraction of sp³-hybridized carbons (Fsp3) is 0.714. The Balaban J connectivity index is 1.90. The first-order valence-corrected chi connectivity index (χ1v) is 10.1. The Morgan fingerprint density at radius 1 is 0.913 bits per heavy atom. The molecule has 0 aromatic carbocycles. The molecule has 0 fully saturated rings. The number of aldehydes is 1. The van der Waals surface area contributed by atoms with E-state index in [4.69, 9.17) is 12.2 Å². The lowest BCUT2D eigenvalue weighted by molar-refractivity contribution is -0.104. The van der Waals surface area contributed by atoms with E-state index in [0.29, 0.717) is 11.5 Å². The second kappa shape index (κ2) is 13.7. The highest BCUT2D eigenvalue weighted by Crippen LogP contribution is 2.22. The molecule has 1 rings (SSSR count). The van der Waals surface area contributed by atoms with Crippen molar-refractivity contribution in [3.8, 4) is 0 Å². The smallest absolute Gasteiger partial charge is 0.151 e. The van der Waals surface area contributed by atoms with Gasteiger partial charge in [0.1, 0.15) is 0 Å². The van der Waals surface area contributed by atoms with Gasteiger partial charge in [-0.25, -0.2) is 0 Å². The zero-order valence-electron chi connectivity index (χ0n) is 14.9. The molecule has 0 radical (unpaired) electrons. The Kier molecular flexibility index (Phi) is 12.0. The maximum atomic E-state index is 10.9. The van der Waals surface area contributed by atoms with E-state index in [1.165, 1.54) is 77.0 Å². The van der Waals surface area contributed by atoms with Crippen LogP contribution in [0.3, 0.4) is 0 Å². The summed E-state index contributed by atoms with van der Waals surface area (Å²) in [5.41, 5.74) is 0.700. The largest absolute Gasteiger partial charge is 0.298 e. The number of rotatable bonds is 14. The fourth-order valence-corrected chi connectivity index (χ4v) is 3.52. The summed E-state index contributed by atoms with van der Waals surface area (Å²) in [4.78, 5) is 11.7. The van der Waals surface area contributed by atoms with Crippen molar-refractivity contribution in [3.05, 3.63) is 23.8 Å². The van der Waals surface area contributed by atoms with E-state index in [1.54, 1.807) is 0 Å². The minimum absolute atomic E-state index is 0.304. The van der Waals surface area contributed by atoms with Crippen molar-refractivity contribution in [2.75, 3.05) is 0 Å². The van der Waals surface area contributed by atoms with Crippen LogP contribution in [0.2, 0.25) is 0 Å². The van der Waals surface area contributed by atoms with E-state index in [0.717, 1.165) is 17.6 Å². The molecule has 0 spiro atoms. The topological polar surface area (TPSA) is 17.1 Å². The van der Waals surface area contributed by atoms with Crippen LogP contribution in [0.5, 0.6) is 0 Å². The van der Waals surface area contributed by atoms with E-state index in [2.05, 4.69) is 13.0 Å². The van der Waals surface area contributed by atoms with Crippen molar-refractivity contribution in [3.63, 3.8) is 0 Å². The van der Waals surface area contributed by atoms with Crippen molar-refractivity contribution in [1.82, 2.24) is 0 Å². The molecular formula is C21H34OS. The van der Waals surface area contributed by atoms with Crippen molar-refractivity contribution in [1.29, 1.82) is 0 Å². The Labute approximate surface area is 148 Å². The summed E-state index contributed by atoms with van der Waals surface area (Å²) in [5.74, 6) is 0.304. The van der Waals surface area contributed by atoms with Gasteiger partial charge in [0.15, 0.2) is 6.29 Å². The summed E-state index contributed by atoms with van der Waals surface area (Å²) in [6, 6.07) is 0. The minimum Gasteiger partial charge on any atom is -0.298 e. The van der Waals surface area contributed by atoms with Crippen LogP contribution in [0.25, 0.3) is 0 Å².